The largest absolute Gasteiger partial charge is 0.508 e. The monoisotopic (exact) mass is 260 g/mol. The predicted octanol–water partition coefficient (Wildman–Crippen LogP) is 1.24. The molecule has 0 fully saturated rings. The molecule has 3 nitrogen and oxygen atoms in total. The summed E-state index contributed by atoms with van der Waals surface area (Å²) in [6.45, 7) is 0. The van der Waals surface area contributed by atoms with Crippen LogP contribution in [0.3, 0.4) is 0 Å². The minimum absolute atomic E-state index is 0.238. The van der Waals surface area contributed by atoms with Crippen LogP contribution in [-0.2, 0) is 8.85 Å². The van der Waals surface area contributed by atoms with E-state index in [1.165, 1.54) is 0 Å². The van der Waals surface area contributed by atoms with Gasteiger partial charge in [-0.05, 0) is 22.5 Å². The summed E-state index contributed by atoms with van der Waals surface area (Å²) < 4.78 is 11.5. The van der Waals surface area contributed by atoms with Crippen LogP contribution in [0.15, 0.2) is 54.6 Å². The molecule has 18 heavy (non-hydrogen) atoms. The first-order chi connectivity index (χ1) is 8.73. The molecule has 2 rings (SSSR count). The van der Waals surface area contributed by atoms with E-state index in [1.807, 2.05) is 42.5 Å². The van der Waals surface area contributed by atoms with Crippen LogP contribution in [0, 0.1) is 0 Å². The summed E-state index contributed by atoms with van der Waals surface area (Å²) in [5, 5.41) is 11.4. The summed E-state index contributed by atoms with van der Waals surface area (Å²) in [6, 6.07) is 16.9. The second-order valence-corrected chi connectivity index (χ2v) is 7.14. The second kappa shape index (κ2) is 5.35. The van der Waals surface area contributed by atoms with Gasteiger partial charge in [-0.2, -0.15) is 0 Å². The van der Waals surface area contributed by atoms with Gasteiger partial charge in [-0.25, -0.2) is 0 Å². The Balaban J connectivity index is 2.54. The van der Waals surface area contributed by atoms with E-state index in [2.05, 4.69) is 0 Å². The number of aromatic hydroxyl groups is 1. The van der Waals surface area contributed by atoms with Gasteiger partial charge in [0.15, 0.2) is 0 Å². The average molecular weight is 260 g/mol. The van der Waals surface area contributed by atoms with Crippen molar-refractivity contribution in [3.63, 3.8) is 0 Å². The van der Waals surface area contributed by atoms with Gasteiger partial charge in [-0.3, -0.25) is 0 Å². The number of hydrogen-bond acceptors (Lipinski definition) is 3. The molecular formula is C14H16O3Si. The maximum atomic E-state index is 9.37. The molecular weight excluding hydrogens is 244 g/mol. The molecule has 0 aromatic heterocycles. The first kappa shape index (κ1) is 12.8. The molecule has 0 bridgehead atoms. The van der Waals surface area contributed by atoms with Gasteiger partial charge in [0, 0.05) is 14.2 Å². The van der Waals surface area contributed by atoms with Crippen LogP contribution in [0.1, 0.15) is 0 Å². The average Bonchev–Trinajstić information content (AvgIpc) is 2.44. The Morgan fingerprint density at radius 1 is 0.778 bits per heavy atom. The summed E-state index contributed by atoms with van der Waals surface area (Å²) in [5.41, 5.74) is 0. The summed E-state index contributed by atoms with van der Waals surface area (Å²) in [6.07, 6.45) is 0. The van der Waals surface area contributed by atoms with E-state index in [0.717, 1.165) is 10.4 Å². The van der Waals surface area contributed by atoms with Crippen LogP contribution in [0.5, 0.6) is 5.75 Å². The maximum Gasteiger partial charge on any atom is 0.406 e. The predicted molar refractivity (Wildman–Crippen MR) is 73.6 cm³/mol. The molecule has 1 N–H and O–H groups in total. The van der Waals surface area contributed by atoms with E-state index in [1.54, 1.807) is 26.4 Å². The summed E-state index contributed by atoms with van der Waals surface area (Å²) >= 11 is 0. The van der Waals surface area contributed by atoms with E-state index < -0.39 is 8.56 Å². The molecule has 4 heteroatoms. The zero-order chi connectivity index (χ0) is 13.0. The zero-order valence-corrected chi connectivity index (χ0v) is 11.5. The lowest BCUT2D eigenvalue weighted by atomic mass is 10.3. The van der Waals surface area contributed by atoms with Crippen molar-refractivity contribution in [1.82, 2.24) is 0 Å². The molecule has 0 amide bonds. The van der Waals surface area contributed by atoms with E-state index >= 15 is 0 Å². The van der Waals surface area contributed by atoms with Crippen molar-refractivity contribution >= 4 is 18.9 Å². The Labute approximate surface area is 108 Å². The minimum atomic E-state index is -2.63. The lowest BCUT2D eigenvalue weighted by molar-refractivity contribution is 0.272. The molecule has 0 aliphatic heterocycles. The Hall–Kier alpha value is -1.62. The molecule has 0 aliphatic rings. The van der Waals surface area contributed by atoms with Crippen LogP contribution in [0.4, 0.5) is 0 Å². The normalized spacial score (nSPS) is 11.4. The lowest BCUT2D eigenvalue weighted by Gasteiger charge is -2.28. The third-order valence-corrected chi connectivity index (χ3v) is 6.31. The number of phenolic OH excluding ortho intramolecular Hbond substituents is 1. The molecule has 94 valence electrons. The lowest BCUT2D eigenvalue weighted by Crippen LogP contribution is -2.62. The van der Waals surface area contributed by atoms with Crippen LogP contribution < -0.4 is 10.4 Å². The standard InChI is InChI=1S/C14H16O3Si/c1-16-18(17-2,13-6-4-3-5-7-13)14-10-8-12(15)9-11-14/h3-11,15H,1-2H3. The smallest absolute Gasteiger partial charge is 0.406 e. The van der Waals surface area contributed by atoms with Crippen LogP contribution in [0.25, 0.3) is 0 Å². The Morgan fingerprint density at radius 3 is 1.78 bits per heavy atom. The Bertz CT molecular complexity index is 492. The molecule has 0 saturated carbocycles. The third kappa shape index (κ3) is 2.18. The fourth-order valence-corrected chi connectivity index (χ4v) is 4.74. The summed E-state index contributed by atoms with van der Waals surface area (Å²) in [4.78, 5) is 0. The first-order valence-corrected chi connectivity index (χ1v) is 7.50. The minimum Gasteiger partial charge on any atom is -0.508 e. The Kier molecular flexibility index (Phi) is 3.81. The van der Waals surface area contributed by atoms with E-state index in [4.69, 9.17) is 8.85 Å². The summed E-state index contributed by atoms with van der Waals surface area (Å²) in [5.74, 6) is 0.238. The number of phenols is 1. The van der Waals surface area contributed by atoms with E-state index in [9.17, 15) is 5.11 Å². The van der Waals surface area contributed by atoms with Crippen molar-refractivity contribution < 1.29 is 14.0 Å². The van der Waals surface area contributed by atoms with Crippen molar-refractivity contribution in [2.75, 3.05) is 14.2 Å². The van der Waals surface area contributed by atoms with Gasteiger partial charge in [0.1, 0.15) is 5.75 Å². The highest BCUT2D eigenvalue weighted by Crippen LogP contribution is 2.11. The molecule has 0 heterocycles. The SMILES string of the molecule is CO[Si](OC)(c1ccccc1)c1ccc(O)cc1. The van der Waals surface area contributed by atoms with Crippen LogP contribution in [-0.4, -0.2) is 27.9 Å². The molecule has 2 aromatic carbocycles. The van der Waals surface area contributed by atoms with Gasteiger partial charge in [0.05, 0.1) is 0 Å². The van der Waals surface area contributed by atoms with Crippen molar-refractivity contribution in [3.8, 4) is 5.75 Å². The fraction of sp³-hybridized carbons (Fsp3) is 0.143. The van der Waals surface area contributed by atoms with Crippen molar-refractivity contribution in [2.24, 2.45) is 0 Å². The van der Waals surface area contributed by atoms with E-state index in [-0.39, 0.29) is 5.75 Å². The number of rotatable bonds is 4. The van der Waals surface area contributed by atoms with Crippen molar-refractivity contribution in [1.29, 1.82) is 0 Å². The van der Waals surface area contributed by atoms with Gasteiger partial charge < -0.3 is 14.0 Å². The zero-order valence-electron chi connectivity index (χ0n) is 10.5. The van der Waals surface area contributed by atoms with E-state index in [0.29, 0.717) is 0 Å². The molecule has 2 aromatic rings. The van der Waals surface area contributed by atoms with Crippen LogP contribution >= 0.6 is 0 Å². The highest BCUT2D eigenvalue weighted by atomic mass is 28.4. The molecule has 0 saturated heterocycles. The summed E-state index contributed by atoms with van der Waals surface area (Å²) in [7, 11) is 0.695. The van der Waals surface area contributed by atoms with Gasteiger partial charge in [0.25, 0.3) is 0 Å². The number of hydrogen-bond donors (Lipinski definition) is 1. The second-order valence-electron chi connectivity index (χ2n) is 3.94. The molecule has 0 radical (unpaired) electrons. The molecule has 0 aliphatic carbocycles. The number of benzene rings is 2. The first-order valence-electron chi connectivity index (χ1n) is 5.68. The fourth-order valence-electron chi connectivity index (χ4n) is 2.06. The topological polar surface area (TPSA) is 38.7 Å². The van der Waals surface area contributed by atoms with Gasteiger partial charge >= 0.3 is 8.56 Å². The molecule has 0 spiro atoms. The quantitative estimate of drug-likeness (QED) is 0.841. The van der Waals surface area contributed by atoms with Crippen molar-refractivity contribution in [2.45, 2.75) is 0 Å². The van der Waals surface area contributed by atoms with Crippen LogP contribution in [0.2, 0.25) is 0 Å². The van der Waals surface area contributed by atoms with Crippen molar-refractivity contribution in [3.05, 3.63) is 54.6 Å². The molecule has 0 atom stereocenters. The molecule has 0 unspecified atom stereocenters. The highest BCUT2D eigenvalue weighted by Gasteiger charge is 2.40. The van der Waals surface area contributed by atoms with Gasteiger partial charge in [-0.1, -0.05) is 42.5 Å². The maximum absolute atomic E-state index is 9.37. The van der Waals surface area contributed by atoms with Gasteiger partial charge in [-0.15, -0.1) is 0 Å². The third-order valence-electron chi connectivity index (χ3n) is 2.98. The Morgan fingerprint density at radius 2 is 1.28 bits per heavy atom. The highest BCUT2D eigenvalue weighted by molar-refractivity contribution is 6.92. The van der Waals surface area contributed by atoms with Gasteiger partial charge in [0.2, 0.25) is 0 Å².